The van der Waals surface area contributed by atoms with Crippen LogP contribution in [0.3, 0.4) is 0 Å². The van der Waals surface area contributed by atoms with E-state index < -0.39 is 9.84 Å². The number of aromatic nitrogens is 1. The SMILES string of the molecule is CS(=O)(=O)c1cccnc1NCC1CCCCC1Cl. The summed E-state index contributed by atoms with van der Waals surface area (Å²) >= 11 is 6.30. The van der Waals surface area contributed by atoms with E-state index in [1.165, 1.54) is 19.1 Å². The number of hydrogen-bond donors (Lipinski definition) is 1. The molecule has 2 unspecified atom stereocenters. The first-order valence-corrected chi connectivity index (χ1v) is 8.84. The lowest BCUT2D eigenvalue weighted by atomic mass is 9.89. The Labute approximate surface area is 119 Å². The Balaban J connectivity index is 2.07. The number of nitrogens with zero attached hydrogens (tertiary/aromatic N) is 1. The summed E-state index contributed by atoms with van der Waals surface area (Å²) in [5.74, 6) is 0.810. The number of anilines is 1. The number of sulfone groups is 1. The Kier molecular flexibility index (Phi) is 4.68. The van der Waals surface area contributed by atoms with Gasteiger partial charge in [0.05, 0.1) is 0 Å². The van der Waals surface area contributed by atoms with Gasteiger partial charge in [-0.05, 0) is 30.9 Å². The topological polar surface area (TPSA) is 59.1 Å². The van der Waals surface area contributed by atoms with Gasteiger partial charge in [-0.25, -0.2) is 13.4 Å². The summed E-state index contributed by atoms with van der Waals surface area (Å²) in [5, 5.41) is 3.32. The van der Waals surface area contributed by atoms with Crippen molar-refractivity contribution in [2.24, 2.45) is 5.92 Å². The summed E-state index contributed by atoms with van der Waals surface area (Å²) in [6, 6.07) is 3.20. The van der Waals surface area contributed by atoms with Gasteiger partial charge in [-0.15, -0.1) is 11.6 Å². The monoisotopic (exact) mass is 302 g/mol. The van der Waals surface area contributed by atoms with Gasteiger partial charge in [0.15, 0.2) is 9.84 Å². The van der Waals surface area contributed by atoms with Crippen LogP contribution in [0.25, 0.3) is 0 Å². The third-order valence-corrected chi connectivity index (χ3v) is 5.22. The van der Waals surface area contributed by atoms with Crippen molar-refractivity contribution in [3.05, 3.63) is 18.3 Å². The normalized spacial score (nSPS) is 24.1. The van der Waals surface area contributed by atoms with Crippen LogP contribution < -0.4 is 5.32 Å². The van der Waals surface area contributed by atoms with Crippen molar-refractivity contribution in [1.82, 2.24) is 4.98 Å². The first-order chi connectivity index (χ1) is 8.98. The predicted molar refractivity (Wildman–Crippen MR) is 77.4 cm³/mol. The van der Waals surface area contributed by atoms with Gasteiger partial charge in [0.2, 0.25) is 0 Å². The van der Waals surface area contributed by atoms with E-state index in [4.69, 9.17) is 11.6 Å². The van der Waals surface area contributed by atoms with Crippen molar-refractivity contribution < 1.29 is 8.42 Å². The summed E-state index contributed by atoms with van der Waals surface area (Å²) in [6.07, 6.45) is 7.28. The minimum absolute atomic E-state index is 0.173. The molecule has 1 heterocycles. The van der Waals surface area contributed by atoms with E-state index in [9.17, 15) is 8.42 Å². The average molecular weight is 303 g/mol. The molecule has 0 radical (unpaired) electrons. The minimum Gasteiger partial charge on any atom is -0.369 e. The van der Waals surface area contributed by atoms with E-state index in [1.54, 1.807) is 18.3 Å². The highest BCUT2D eigenvalue weighted by molar-refractivity contribution is 7.90. The lowest BCUT2D eigenvalue weighted by molar-refractivity contribution is 0.380. The Morgan fingerprint density at radius 1 is 1.42 bits per heavy atom. The third kappa shape index (κ3) is 3.83. The van der Waals surface area contributed by atoms with Gasteiger partial charge >= 0.3 is 0 Å². The number of halogens is 1. The second-order valence-electron chi connectivity index (χ2n) is 5.06. The minimum atomic E-state index is -3.26. The van der Waals surface area contributed by atoms with E-state index in [1.807, 2.05) is 0 Å². The molecule has 1 N–H and O–H groups in total. The number of alkyl halides is 1. The molecule has 0 amide bonds. The molecular formula is C13H19ClN2O2S. The van der Waals surface area contributed by atoms with Crippen LogP contribution in [0.5, 0.6) is 0 Å². The maximum absolute atomic E-state index is 11.7. The number of nitrogens with one attached hydrogen (secondary N) is 1. The first-order valence-electron chi connectivity index (χ1n) is 6.51. The standard InChI is InChI=1S/C13H19ClN2O2S/c1-19(17,18)12-7-4-8-15-13(12)16-9-10-5-2-3-6-11(10)14/h4,7-8,10-11H,2-3,5-6,9H2,1H3,(H,15,16). The van der Waals surface area contributed by atoms with Gasteiger partial charge in [0, 0.05) is 24.4 Å². The highest BCUT2D eigenvalue weighted by atomic mass is 35.5. The molecule has 1 aromatic heterocycles. The fourth-order valence-corrected chi connectivity index (χ4v) is 3.61. The maximum Gasteiger partial charge on any atom is 0.179 e. The van der Waals surface area contributed by atoms with E-state index in [2.05, 4.69) is 10.3 Å². The molecule has 1 aromatic rings. The Morgan fingerprint density at radius 3 is 2.84 bits per heavy atom. The molecule has 1 aliphatic rings. The molecule has 6 heteroatoms. The summed E-state index contributed by atoms with van der Waals surface area (Å²) in [6.45, 7) is 0.674. The van der Waals surface area contributed by atoms with Crippen LogP contribution in [-0.2, 0) is 9.84 Å². The van der Waals surface area contributed by atoms with E-state index in [0.29, 0.717) is 18.3 Å². The van der Waals surface area contributed by atoms with Crippen LogP contribution in [0.4, 0.5) is 5.82 Å². The molecule has 2 rings (SSSR count). The van der Waals surface area contributed by atoms with E-state index >= 15 is 0 Å². The van der Waals surface area contributed by atoms with Gasteiger partial charge in [-0.1, -0.05) is 12.8 Å². The molecule has 1 aliphatic carbocycles. The smallest absolute Gasteiger partial charge is 0.179 e. The van der Waals surface area contributed by atoms with Gasteiger partial charge in [-0.3, -0.25) is 0 Å². The van der Waals surface area contributed by atoms with Gasteiger partial charge in [0.25, 0.3) is 0 Å². The van der Waals surface area contributed by atoms with Crippen molar-refractivity contribution in [3.8, 4) is 0 Å². The summed E-state index contributed by atoms with van der Waals surface area (Å²) in [7, 11) is -3.26. The largest absolute Gasteiger partial charge is 0.369 e. The highest BCUT2D eigenvalue weighted by Gasteiger charge is 2.23. The molecule has 0 saturated heterocycles. The predicted octanol–water partition coefficient (Wildman–Crippen LogP) is 2.69. The molecule has 0 bridgehead atoms. The fraction of sp³-hybridized carbons (Fsp3) is 0.615. The maximum atomic E-state index is 11.7. The quantitative estimate of drug-likeness (QED) is 0.869. The molecule has 0 aliphatic heterocycles. The van der Waals surface area contributed by atoms with Gasteiger partial charge < -0.3 is 5.32 Å². The molecule has 0 aromatic carbocycles. The van der Waals surface area contributed by atoms with Gasteiger partial charge in [0.1, 0.15) is 10.7 Å². The molecule has 0 spiro atoms. The van der Waals surface area contributed by atoms with Crippen molar-refractivity contribution in [2.45, 2.75) is 36.0 Å². The number of rotatable bonds is 4. The van der Waals surface area contributed by atoms with Crippen LogP contribution in [0, 0.1) is 5.92 Å². The Morgan fingerprint density at radius 2 is 2.16 bits per heavy atom. The van der Waals surface area contributed by atoms with Crippen LogP contribution in [0.15, 0.2) is 23.2 Å². The number of pyridine rings is 1. The second kappa shape index (κ2) is 6.09. The molecule has 1 saturated carbocycles. The lowest BCUT2D eigenvalue weighted by Crippen LogP contribution is -2.27. The summed E-state index contributed by atoms with van der Waals surface area (Å²) < 4.78 is 23.3. The van der Waals surface area contributed by atoms with Crippen molar-refractivity contribution in [2.75, 3.05) is 18.1 Å². The van der Waals surface area contributed by atoms with Crippen LogP contribution in [0.2, 0.25) is 0 Å². The lowest BCUT2D eigenvalue weighted by Gasteiger charge is -2.27. The Bertz CT molecular complexity index is 533. The van der Waals surface area contributed by atoms with Crippen LogP contribution in [-0.4, -0.2) is 31.6 Å². The molecule has 4 nitrogen and oxygen atoms in total. The number of hydrogen-bond acceptors (Lipinski definition) is 4. The molecular weight excluding hydrogens is 284 g/mol. The van der Waals surface area contributed by atoms with Crippen molar-refractivity contribution >= 4 is 27.3 Å². The highest BCUT2D eigenvalue weighted by Crippen LogP contribution is 2.29. The van der Waals surface area contributed by atoms with E-state index in [-0.39, 0.29) is 10.3 Å². The zero-order valence-electron chi connectivity index (χ0n) is 11.0. The van der Waals surface area contributed by atoms with Gasteiger partial charge in [-0.2, -0.15) is 0 Å². The summed E-state index contributed by atoms with van der Waals surface area (Å²) in [4.78, 5) is 4.37. The average Bonchev–Trinajstić information content (AvgIpc) is 2.37. The van der Waals surface area contributed by atoms with E-state index in [0.717, 1.165) is 12.8 Å². The first kappa shape index (κ1) is 14.6. The van der Waals surface area contributed by atoms with Crippen molar-refractivity contribution in [3.63, 3.8) is 0 Å². The van der Waals surface area contributed by atoms with Crippen LogP contribution >= 0.6 is 11.6 Å². The molecule has 2 atom stereocenters. The zero-order valence-corrected chi connectivity index (χ0v) is 12.5. The molecule has 19 heavy (non-hydrogen) atoms. The third-order valence-electron chi connectivity index (χ3n) is 3.52. The fourth-order valence-electron chi connectivity index (χ4n) is 2.44. The zero-order chi connectivity index (χ0) is 13.9. The summed E-state index contributed by atoms with van der Waals surface area (Å²) in [5.41, 5.74) is 0. The molecule has 1 fully saturated rings. The molecule has 106 valence electrons. The van der Waals surface area contributed by atoms with Crippen LogP contribution in [0.1, 0.15) is 25.7 Å². The Hall–Kier alpha value is -0.810. The van der Waals surface area contributed by atoms with Crippen molar-refractivity contribution in [1.29, 1.82) is 0 Å². The second-order valence-corrected chi connectivity index (χ2v) is 7.61.